The van der Waals surface area contributed by atoms with E-state index in [1.165, 1.54) is 17.3 Å². The van der Waals surface area contributed by atoms with Gasteiger partial charge in [-0.3, -0.25) is 0 Å². The fourth-order valence-corrected chi connectivity index (χ4v) is 3.69. The van der Waals surface area contributed by atoms with E-state index in [0.29, 0.717) is 6.61 Å². The number of nitrogens with zero attached hydrogens (tertiary/aromatic N) is 2. The van der Waals surface area contributed by atoms with E-state index in [9.17, 15) is 4.39 Å². The second-order valence-electron chi connectivity index (χ2n) is 6.38. The summed E-state index contributed by atoms with van der Waals surface area (Å²) in [6.07, 6.45) is 0.935. The number of hydrogen-bond acceptors (Lipinski definition) is 3. The highest BCUT2D eigenvalue weighted by atomic mass is 19.1. The summed E-state index contributed by atoms with van der Waals surface area (Å²) in [7, 11) is 2.06. The highest BCUT2D eigenvalue weighted by molar-refractivity contribution is 5.86. The van der Waals surface area contributed by atoms with E-state index >= 15 is 0 Å². The fraction of sp³-hybridized carbons (Fsp3) is 0.300. The van der Waals surface area contributed by atoms with Crippen LogP contribution >= 0.6 is 0 Å². The largest absolute Gasteiger partial charge is 0.491 e. The van der Waals surface area contributed by atoms with Crippen molar-refractivity contribution in [2.75, 3.05) is 24.7 Å². The Morgan fingerprint density at radius 1 is 1.16 bits per heavy atom. The van der Waals surface area contributed by atoms with E-state index in [2.05, 4.69) is 16.5 Å². The van der Waals surface area contributed by atoms with Crippen LogP contribution in [0.1, 0.15) is 11.3 Å². The lowest BCUT2D eigenvalue weighted by Crippen LogP contribution is -2.30. The van der Waals surface area contributed by atoms with Crippen LogP contribution in [0.2, 0.25) is 0 Å². The third-order valence-corrected chi connectivity index (χ3v) is 4.93. The number of aliphatic hydroxyl groups is 1. The van der Waals surface area contributed by atoms with Gasteiger partial charge in [0.25, 0.3) is 0 Å². The zero-order valence-corrected chi connectivity index (χ0v) is 14.2. The lowest BCUT2D eigenvalue weighted by molar-refractivity contribution is 0.201. The van der Waals surface area contributed by atoms with Crippen LogP contribution < -0.4 is 9.64 Å². The quantitative estimate of drug-likeness (QED) is 0.792. The Morgan fingerprint density at radius 3 is 2.72 bits per heavy atom. The first-order chi connectivity index (χ1) is 12.2. The number of aromatic nitrogens is 1. The first kappa shape index (κ1) is 16.0. The van der Waals surface area contributed by atoms with E-state index in [1.807, 2.05) is 30.3 Å². The summed E-state index contributed by atoms with van der Waals surface area (Å²) in [4.78, 5) is 2.31. The monoisotopic (exact) mass is 340 g/mol. The van der Waals surface area contributed by atoms with Crippen molar-refractivity contribution in [2.45, 2.75) is 13.0 Å². The summed E-state index contributed by atoms with van der Waals surface area (Å²) >= 11 is 0. The van der Waals surface area contributed by atoms with Crippen LogP contribution in [-0.4, -0.2) is 29.4 Å². The van der Waals surface area contributed by atoms with E-state index in [-0.39, 0.29) is 12.4 Å². The molecule has 3 aromatic rings. The number of halogens is 1. The second kappa shape index (κ2) is 6.41. The van der Waals surface area contributed by atoms with Gasteiger partial charge in [0.05, 0.1) is 6.61 Å². The van der Waals surface area contributed by atoms with Gasteiger partial charge in [0.1, 0.15) is 18.2 Å². The van der Waals surface area contributed by atoms with E-state index < -0.39 is 0 Å². The Bertz CT molecular complexity index is 902. The van der Waals surface area contributed by atoms with Crippen molar-refractivity contribution in [1.82, 2.24) is 4.57 Å². The molecule has 4 nitrogen and oxygen atoms in total. The number of hydrogen-bond donors (Lipinski definition) is 1. The smallest absolute Gasteiger partial charge is 0.123 e. The Balaban J connectivity index is 1.63. The van der Waals surface area contributed by atoms with Gasteiger partial charge in [0.15, 0.2) is 0 Å². The summed E-state index contributed by atoms with van der Waals surface area (Å²) in [5.74, 6) is 0.561. The fourth-order valence-electron chi connectivity index (χ4n) is 3.69. The molecule has 0 amide bonds. The number of anilines is 1. The van der Waals surface area contributed by atoms with Crippen molar-refractivity contribution < 1.29 is 14.2 Å². The second-order valence-corrected chi connectivity index (χ2v) is 6.38. The molecule has 2 aromatic carbocycles. The topological polar surface area (TPSA) is 37.6 Å². The molecule has 1 aliphatic heterocycles. The lowest BCUT2D eigenvalue weighted by Gasteiger charge is -2.30. The third kappa shape index (κ3) is 2.85. The van der Waals surface area contributed by atoms with Gasteiger partial charge < -0.3 is 19.3 Å². The zero-order chi connectivity index (χ0) is 17.4. The Labute approximate surface area is 146 Å². The van der Waals surface area contributed by atoms with Crippen LogP contribution in [0.3, 0.4) is 0 Å². The average molecular weight is 340 g/mol. The molecule has 0 atom stereocenters. The standard InChI is InChI=1S/C20H21FN2O2/c1-22-19-7-2-14(21)12-17(19)18-13-23(9-8-20(18)22)15-3-5-16(6-4-15)25-11-10-24/h2-7,12,24H,8-11,13H2,1H3. The van der Waals surface area contributed by atoms with Gasteiger partial charge in [-0.05, 0) is 42.5 Å². The predicted octanol–water partition coefficient (Wildman–Crippen LogP) is 3.25. The molecule has 1 aromatic heterocycles. The molecule has 4 rings (SSSR count). The van der Waals surface area contributed by atoms with Gasteiger partial charge in [-0.25, -0.2) is 4.39 Å². The van der Waals surface area contributed by atoms with Crippen LogP contribution in [-0.2, 0) is 20.0 Å². The minimum atomic E-state index is -0.191. The van der Waals surface area contributed by atoms with E-state index in [0.717, 1.165) is 41.9 Å². The lowest BCUT2D eigenvalue weighted by atomic mass is 10.0. The molecular weight excluding hydrogens is 319 g/mol. The van der Waals surface area contributed by atoms with Gasteiger partial charge in [0, 0.05) is 54.4 Å². The molecule has 5 heteroatoms. The first-order valence-electron chi connectivity index (χ1n) is 8.52. The Kier molecular flexibility index (Phi) is 4.09. The highest BCUT2D eigenvalue weighted by Gasteiger charge is 2.23. The molecule has 0 fully saturated rings. The number of aliphatic hydroxyl groups excluding tert-OH is 1. The van der Waals surface area contributed by atoms with Crippen LogP contribution in [0.5, 0.6) is 5.75 Å². The molecule has 1 N–H and O–H groups in total. The number of fused-ring (bicyclic) bond motifs is 3. The summed E-state index contributed by atoms with van der Waals surface area (Å²) in [6, 6.07) is 12.9. The van der Waals surface area contributed by atoms with E-state index in [4.69, 9.17) is 9.84 Å². The van der Waals surface area contributed by atoms with Crippen molar-refractivity contribution in [3.05, 3.63) is 59.5 Å². The molecule has 0 unspecified atom stereocenters. The van der Waals surface area contributed by atoms with Crippen LogP contribution in [0.4, 0.5) is 10.1 Å². The van der Waals surface area contributed by atoms with Crippen LogP contribution in [0.25, 0.3) is 10.9 Å². The predicted molar refractivity (Wildman–Crippen MR) is 96.7 cm³/mol. The maximum atomic E-state index is 13.7. The molecule has 0 saturated heterocycles. The molecule has 0 saturated carbocycles. The summed E-state index contributed by atoms with van der Waals surface area (Å²) in [6.45, 7) is 2.01. The van der Waals surface area contributed by atoms with E-state index in [1.54, 1.807) is 6.07 Å². The summed E-state index contributed by atoms with van der Waals surface area (Å²) < 4.78 is 21.3. The third-order valence-electron chi connectivity index (χ3n) is 4.93. The molecule has 25 heavy (non-hydrogen) atoms. The summed E-state index contributed by atoms with van der Waals surface area (Å²) in [5.41, 5.74) is 4.71. The SMILES string of the molecule is Cn1c2c(c3cc(F)ccc31)CN(c1ccc(OCCO)cc1)CC2. The molecule has 2 heterocycles. The van der Waals surface area contributed by atoms with Gasteiger partial charge in [-0.1, -0.05) is 0 Å². The Hall–Kier alpha value is -2.53. The molecule has 0 bridgehead atoms. The average Bonchev–Trinajstić information content (AvgIpc) is 2.92. The molecule has 0 aliphatic carbocycles. The first-order valence-corrected chi connectivity index (χ1v) is 8.52. The van der Waals surface area contributed by atoms with Gasteiger partial charge in [-0.2, -0.15) is 0 Å². The minimum absolute atomic E-state index is 0.00823. The number of aryl methyl sites for hydroxylation is 1. The molecule has 1 aliphatic rings. The number of rotatable bonds is 4. The number of ether oxygens (including phenoxy) is 1. The van der Waals surface area contributed by atoms with Gasteiger partial charge in [0.2, 0.25) is 0 Å². The van der Waals surface area contributed by atoms with Crippen LogP contribution in [0.15, 0.2) is 42.5 Å². The Morgan fingerprint density at radius 2 is 1.96 bits per heavy atom. The number of benzene rings is 2. The van der Waals surface area contributed by atoms with Gasteiger partial charge in [-0.15, -0.1) is 0 Å². The normalized spacial score (nSPS) is 14.0. The van der Waals surface area contributed by atoms with Crippen molar-refractivity contribution >= 4 is 16.6 Å². The molecule has 0 spiro atoms. The maximum absolute atomic E-state index is 13.7. The minimum Gasteiger partial charge on any atom is -0.491 e. The molecular formula is C20H21FN2O2. The van der Waals surface area contributed by atoms with Crippen molar-refractivity contribution in [1.29, 1.82) is 0 Å². The maximum Gasteiger partial charge on any atom is 0.123 e. The molecule has 0 radical (unpaired) electrons. The highest BCUT2D eigenvalue weighted by Crippen LogP contribution is 2.33. The summed E-state index contributed by atoms with van der Waals surface area (Å²) in [5, 5.41) is 9.83. The van der Waals surface area contributed by atoms with Crippen molar-refractivity contribution in [2.24, 2.45) is 7.05 Å². The van der Waals surface area contributed by atoms with Gasteiger partial charge >= 0.3 is 0 Å². The van der Waals surface area contributed by atoms with Crippen LogP contribution in [0, 0.1) is 5.82 Å². The molecule has 130 valence electrons. The van der Waals surface area contributed by atoms with Crippen molar-refractivity contribution in [3.8, 4) is 5.75 Å². The van der Waals surface area contributed by atoms with Crippen molar-refractivity contribution in [3.63, 3.8) is 0 Å². The zero-order valence-electron chi connectivity index (χ0n) is 14.2.